The molecule has 0 aliphatic carbocycles. The summed E-state index contributed by atoms with van der Waals surface area (Å²) in [6, 6.07) is -2.08. The second-order valence-corrected chi connectivity index (χ2v) is 18.2. The molecule has 0 aromatic heterocycles. The van der Waals surface area contributed by atoms with Crippen LogP contribution in [0.3, 0.4) is 0 Å². The van der Waals surface area contributed by atoms with Gasteiger partial charge in [0.25, 0.3) is 0 Å². The zero-order valence-electron chi connectivity index (χ0n) is 38.0. The largest absolute Gasteiger partial charge is 0.506 e. The lowest BCUT2D eigenvalue weighted by molar-refractivity contribution is -0.387. The Labute approximate surface area is 415 Å². The van der Waals surface area contributed by atoms with Gasteiger partial charge >= 0.3 is 22.3 Å². The van der Waals surface area contributed by atoms with E-state index < -0.39 is 232 Å². The lowest BCUT2D eigenvalue weighted by atomic mass is 9.94. The molecule has 0 aromatic rings. The number of aliphatic carboxylic acids is 2. The molecule has 1 amide bonds. The molecule has 5 rings (SSSR count). The van der Waals surface area contributed by atoms with E-state index in [1.54, 1.807) is 0 Å². The number of carboxylic acids is 2. The lowest BCUT2D eigenvalue weighted by Gasteiger charge is -2.49. The number of nitrogens with one attached hydrogen (secondary N) is 1. The number of rotatable bonds is 22. The van der Waals surface area contributed by atoms with Crippen LogP contribution in [-0.2, 0) is 76.3 Å². The number of carbonyl (C=O) groups excluding carboxylic acids is 1. The van der Waals surface area contributed by atoms with Gasteiger partial charge in [-0.2, -0.15) is 8.42 Å². The van der Waals surface area contributed by atoms with Crippen molar-refractivity contribution in [2.45, 2.75) is 166 Å². The molecule has 0 spiro atoms. The van der Waals surface area contributed by atoms with Gasteiger partial charge in [0, 0.05) is 6.92 Å². The van der Waals surface area contributed by atoms with Crippen molar-refractivity contribution in [2.75, 3.05) is 33.0 Å². The molecule has 0 saturated carbocycles. The standard InChI is InChI=1S/C37H59NO35S/c1-7(43)38-13-25(68-34-21(52)18(49)19(50)29(72-34)31(56)57)17(48)12(6-63-74(60,61)62)67-33(13)71-28-20(51)22(53)35(73-30(28)32(58)59)69-27-16(47)11(5-42)66-37(24(27)55)70-26-15(46)10(4-41)65-36(23(26)54)64-9(3-40)14(45)8(44)2-39/h8-18,20-28,30,33-37,39-42,44-55H,2-6H2,1H3,(H,38,43)(H,56,57)(H,58,59)(H,60,61,62)/t8-,9+,10+,11+,12+,13+,14+,15-,16-,17-,18-,20+,21+,22+,23+,24+,25+,26-,27-,28-,30-,33-,34+,35+,36+,37-/m0/s1. The van der Waals surface area contributed by atoms with Crippen molar-refractivity contribution in [3.63, 3.8) is 0 Å². The highest BCUT2D eigenvalue weighted by atomic mass is 32.3. The molecule has 0 bridgehead atoms. The second kappa shape index (κ2) is 25.9. The Morgan fingerprint density at radius 2 is 1.12 bits per heavy atom. The summed E-state index contributed by atoms with van der Waals surface area (Å²) in [6.45, 7) is -4.79. The second-order valence-electron chi connectivity index (χ2n) is 17.1. The summed E-state index contributed by atoms with van der Waals surface area (Å²) in [4.78, 5) is 37.1. The Hall–Kier alpha value is -3.34. The Balaban J connectivity index is 1.41. The van der Waals surface area contributed by atoms with Gasteiger partial charge in [0.2, 0.25) is 18.0 Å². The zero-order valence-corrected chi connectivity index (χ0v) is 38.8. The van der Waals surface area contributed by atoms with Crippen molar-refractivity contribution in [1.82, 2.24) is 5.32 Å². The third kappa shape index (κ3) is 13.8. The van der Waals surface area contributed by atoms with Crippen LogP contribution < -0.4 is 5.32 Å². The molecule has 4 fully saturated rings. The van der Waals surface area contributed by atoms with Gasteiger partial charge in [-0.25, -0.2) is 13.8 Å². The predicted molar refractivity (Wildman–Crippen MR) is 218 cm³/mol. The average Bonchev–Trinajstić information content (AvgIpc) is 3.34. The maximum Gasteiger partial charge on any atom is 0.397 e. The molecular formula is C37H59NO35S. The fourth-order valence-corrected chi connectivity index (χ4v) is 8.47. The molecule has 428 valence electrons. The van der Waals surface area contributed by atoms with Crippen molar-refractivity contribution < 1.29 is 171 Å². The van der Waals surface area contributed by atoms with Crippen LogP contribution in [0.2, 0.25) is 0 Å². The summed E-state index contributed by atoms with van der Waals surface area (Å²) in [7, 11) is -5.37. The van der Waals surface area contributed by atoms with Crippen molar-refractivity contribution in [3.05, 3.63) is 11.5 Å². The van der Waals surface area contributed by atoms with E-state index in [-0.39, 0.29) is 0 Å². The van der Waals surface area contributed by atoms with Crippen LogP contribution in [0.5, 0.6) is 0 Å². The van der Waals surface area contributed by atoms with E-state index in [0.29, 0.717) is 0 Å². The molecule has 5 aliphatic rings. The van der Waals surface area contributed by atoms with Gasteiger partial charge in [-0.3, -0.25) is 9.35 Å². The summed E-state index contributed by atoms with van der Waals surface area (Å²) in [5.74, 6) is -7.93. The number of ether oxygens (including phenoxy) is 10. The highest BCUT2D eigenvalue weighted by Crippen LogP contribution is 2.37. The van der Waals surface area contributed by atoms with E-state index in [2.05, 4.69) is 9.50 Å². The van der Waals surface area contributed by atoms with E-state index in [4.69, 9.17) is 47.4 Å². The minimum absolute atomic E-state index is 0.840. The number of hydrogen-bond acceptors (Lipinski definition) is 32. The normalized spacial score (nSPS) is 42.4. The first-order valence-electron chi connectivity index (χ1n) is 21.9. The number of hydrogen-bond donors (Lipinski definition) is 20. The highest BCUT2D eigenvalue weighted by molar-refractivity contribution is 7.80. The van der Waals surface area contributed by atoms with Crippen LogP contribution in [0.25, 0.3) is 0 Å². The summed E-state index contributed by atoms with van der Waals surface area (Å²) in [5.41, 5.74) is 0. The molecule has 37 heteroatoms. The van der Waals surface area contributed by atoms with Crippen LogP contribution in [0.15, 0.2) is 11.5 Å². The summed E-state index contributed by atoms with van der Waals surface area (Å²) in [6.07, 6.45) is -55.7. The number of amides is 1. The summed E-state index contributed by atoms with van der Waals surface area (Å²) < 4.78 is 91.1. The number of carboxylic acid groups (broad SMARTS) is 2. The van der Waals surface area contributed by atoms with E-state index in [9.17, 15) is 119 Å². The van der Waals surface area contributed by atoms with E-state index in [0.717, 1.165) is 6.92 Å². The number of aliphatic hydroxyl groups excluding tert-OH is 16. The van der Waals surface area contributed by atoms with E-state index in [1.165, 1.54) is 0 Å². The molecule has 74 heavy (non-hydrogen) atoms. The molecule has 5 heterocycles. The van der Waals surface area contributed by atoms with Gasteiger partial charge in [0.05, 0.1) is 33.0 Å². The van der Waals surface area contributed by atoms with Crippen molar-refractivity contribution in [1.29, 1.82) is 0 Å². The smallest absolute Gasteiger partial charge is 0.397 e. The molecule has 36 nitrogen and oxygen atoms in total. The Bertz CT molecular complexity index is 2020. The molecule has 0 radical (unpaired) electrons. The fraction of sp³-hybridized carbons (Fsp3) is 0.865. The average molecular weight is 1110 g/mol. The van der Waals surface area contributed by atoms with E-state index >= 15 is 0 Å². The Kier molecular flexibility index (Phi) is 21.5. The van der Waals surface area contributed by atoms with E-state index in [1.807, 2.05) is 0 Å². The number of aliphatic hydroxyl groups is 16. The molecule has 4 saturated heterocycles. The maximum atomic E-state index is 12.8. The summed E-state index contributed by atoms with van der Waals surface area (Å²) >= 11 is 0. The molecule has 0 aromatic carbocycles. The molecule has 5 aliphatic heterocycles. The van der Waals surface area contributed by atoms with Crippen molar-refractivity contribution >= 4 is 28.2 Å². The lowest BCUT2D eigenvalue weighted by Crippen LogP contribution is -2.70. The van der Waals surface area contributed by atoms with Gasteiger partial charge in [0.15, 0.2) is 37.0 Å². The number of carbonyl (C=O) groups is 3. The summed E-state index contributed by atoms with van der Waals surface area (Å²) in [5, 5.41) is 191. The molecule has 20 N–H and O–H groups in total. The highest BCUT2D eigenvalue weighted by Gasteiger charge is 2.58. The third-order valence-electron chi connectivity index (χ3n) is 12.0. The maximum absolute atomic E-state index is 12.8. The Morgan fingerprint density at radius 3 is 1.62 bits per heavy atom. The Morgan fingerprint density at radius 1 is 0.622 bits per heavy atom. The van der Waals surface area contributed by atoms with Gasteiger partial charge < -0.3 is 145 Å². The van der Waals surface area contributed by atoms with Gasteiger partial charge in [-0.05, 0) is 0 Å². The van der Waals surface area contributed by atoms with Crippen LogP contribution >= 0.6 is 0 Å². The monoisotopic (exact) mass is 1110 g/mol. The molecular weight excluding hydrogens is 1050 g/mol. The van der Waals surface area contributed by atoms with Crippen LogP contribution in [0.4, 0.5) is 0 Å². The third-order valence-corrected chi connectivity index (χ3v) is 12.4. The van der Waals surface area contributed by atoms with Crippen LogP contribution in [0, 0.1) is 0 Å². The van der Waals surface area contributed by atoms with Crippen molar-refractivity contribution in [3.8, 4) is 0 Å². The first-order valence-corrected chi connectivity index (χ1v) is 23.2. The minimum Gasteiger partial charge on any atom is -0.506 e. The van der Waals surface area contributed by atoms with Crippen LogP contribution in [-0.4, -0.2) is 315 Å². The molecule has 0 unspecified atom stereocenters. The van der Waals surface area contributed by atoms with Gasteiger partial charge in [-0.1, -0.05) is 0 Å². The van der Waals surface area contributed by atoms with Crippen LogP contribution in [0.1, 0.15) is 6.92 Å². The van der Waals surface area contributed by atoms with Gasteiger partial charge in [0.1, 0.15) is 122 Å². The quantitative estimate of drug-likeness (QED) is 0.0448. The SMILES string of the molecule is CC(=O)N[C@H]1[C@H](O[C@H]2[C@H](O)[C@@H](O)[C@H](O[C@H]3[C@@H](O)[C@@H](CO)O[C@@H](O[C@H]4[C@@H](O)[C@@H](CO)O[C@@H](O[C@H](CO)[C@H](O)[C@@H](O)CO)[C@@H]4O)[C@@H]3O)O[C@@H]2C(=O)O)O[C@H](COS(=O)(=O)O)[C@H](O)[C@@H]1O[C@@H]1OC(C(=O)O)=C(O)[C@H](O)[C@H]1O. The zero-order chi connectivity index (χ0) is 55.4. The predicted octanol–water partition coefficient (Wildman–Crippen LogP) is -12.6. The first-order chi connectivity index (χ1) is 34.6. The topological polar surface area (TPSA) is 583 Å². The minimum atomic E-state index is -5.37. The first kappa shape index (κ1) is 61.5. The fourth-order valence-electron chi connectivity index (χ4n) is 8.17. The van der Waals surface area contributed by atoms with Gasteiger partial charge in [-0.15, -0.1) is 0 Å². The molecule has 26 atom stereocenters. The van der Waals surface area contributed by atoms with Crippen molar-refractivity contribution in [2.24, 2.45) is 0 Å².